The van der Waals surface area contributed by atoms with E-state index in [1.165, 1.54) is 0 Å². The molecule has 6 heteroatoms. The van der Waals surface area contributed by atoms with Gasteiger partial charge in [-0.3, -0.25) is 9.78 Å². The Labute approximate surface area is 159 Å². The van der Waals surface area contributed by atoms with E-state index in [2.05, 4.69) is 10.3 Å². The third-order valence-corrected chi connectivity index (χ3v) is 4.91. The molecule has 1 fully saturated rings. The zero-order valence-electron chi connectivity index (χ0n) is 15.3. The zero-order chi connectivity index (χ0) is 19.1. The smallest absolute Gasteiger partial charge is 0.317 e. The standard InChI is InChI=1S/C21H25N3O3/c25-20(26)13-16-7-6-12-24(15-16)21(27)23-19(17-8-2-1-3-9-17)14-18-10-4-5-11-22-18/h1-5,8-11,16,19H,6-7,12-15H2,(H,23,27)(H,25,26). The highest BCUT2D eigenvalue weighted by Gasteiger charge is 2.27. The van der Waals surface area contributed by atoms with Crippen molar-refractivity contribution in [3.8, 4) is 0 Å². The normalized spacial score (nSPS) is 17.9. The van der Waals surface area contributed by atoms with Gasteiger partial charge >= 0.3 is 12.0 Å². The maximum atomic E-state index is 12.9. The first-order valence-corrected chi connectivity index (χ1v) is 9.34. The Morgan fingerprint density at radius 3 is 2.67 bits per heavy atom. The van der Waals surface area contributed by atoms with Gasteiger partial charge in [0.1, 0.15) is 0 Å². The molecular weight excluding hydrogens is 342 g/mol. The van der Waals surface area contributed by atoms with Crippen LogP contribution in [0.2, 0.25) is 0 Å². The minimum Gasteiger partial charge on any atom is -0.481 e. The van der Waals surface area contributed by atoms with E-state index >= 15 is 0 Å². The second kappa shape index (κ2) is 9.16. The van der Waals surface area contributed by atoms with E-state index in [4.69, 9.17) is 5.11 Å². The summed E-state index contributed by atoms with van der Waals surface area (Å²) in [4.78, 5) is 30.0. The van der Waals surface area contributed by atoms with Gasteiger partial charge in [0.05, 0.1) is 6.04 Å². The number of rotatable bonds is 6. The fourth-order valence-corrected chi connectivity index (χ4v) is 3.57. The molecule has 2 amide bonds. The molecule has 1 aliphatic heterocycles. The van der Waals surface area contributed by atoms with E-state index in [1.807, 2.05) is 48.5 Å². The van der Waals surface area contributed by atoms with E-state index in [0.717, 1.165) is 24.1 Å². The number of nitrogens with zero attached hydrogens (tertiary/aromatic N) is 2. The van der Waals surface area contributed by atoms with Crippen molar-refractivity contribution in [2.75, 3.05) is 13.1 Å². The molecule has 0 bridgehead atoms. The SMILES string of the molecule is O=C(O)CC1CCCN(C(=O)NC(Cc2ccccn2)c2ccccc2)C1. The maximum absolute atomic E-state index is 12.9. The average Bonchev–Trinajstić information content (AvgIpc) is 2.68. The summed E-state index contributed by atoms with van der Waals surface area (Å²) in [6.45, 7) is 1.15. The van der Waals surface area contributed by atoms with Crippen LogP contribution in [0, 0.1) is 5.92 Å². The predicted molar refractivity (Wildman–Crippen MR) is 102 cm³/mol. The molecule has 1 saturated heterocycles. The van der Waals surface area contributed by atoms with E-state index < -0.39 is 5.97 Å². The van der Waals surface area contributed by atoms with Crippen molar-refractivity contribution >= 4 is 12.0 Å². The molecule has 2 aromatic rings. The highest BCUT2D eigenvalue weighted by atomic mass is 16.4. The van der Waals surface area contributed by atoms with Gasteiger partial charge in [-0.1, -0.05) is 36.4 Å². The van der Waals surface area contributed by atoms with Gasteiger partial charge in [0.2, 0.25) is 0 Å². The predicted octanol–water partition coefficient (Wildman–Crippen LogP) is 3.26. The van der Waals surface area contributed by atoms with Crippen molar-refractivity contribution in [1.82, 2.24) is 15.2 Å². The molecule has 1 aromatic heterocycles. The Bertz CT molecular complexity index is 752. The number of benzene rings is 1. The molecule has 0 aliphatic carbocycles. The van der Waals surface area contributed by atoms with Crippen LogP contribution in [-0.2, 0) is 11.2 Å². The summed E-state index contributed by atoms with van der Waals surface area (Å²) in [6.07, 6.45) is 4.15. The summed E-state index contributed by atoms with van der Waals surface area (Å²) < 4.78 is 0. The maximum Gasteiger partial charge on any atom is 0.317 e. The van der Waals surface area contributed by atoms with Crippen LogP contribution in [0.5, 0.6) is 0 Å². The Balaban J connectivity index is 1.69. The van der Waals surface area contributed by atoms with E-state index in [0.29, 0.717) is 19.5 Å². The fraction of sp³-hybridized carbons (Fsp3) is 0.381. The number of carbonyl (C=O) groups is 2. The first-order chi connectivity index (χ1) is 13.1. The number of amides is 2. The summed E-state index contributed by atoms with van der Waals surface area (Å²) in [5.41, 5.74) is 1.93. The van der Waals surface area contributed by atoms with Crippen LogP contribution in [0.1, 0.15) is 36.6 Å². The number of pyridine rings is 1. The summed E-state index contributed by atoms with van der Waals surface area (Å²) in [6, 6.07) is 15.3. The largest absolute Gasteiger partial charge is 0.481 e. The van der Waals surface area contributed by atoms with Gasteiger partial charge < -0.3 is 15.3 Å². The van der Waals surface area contributed by atoms with Crippen LogP contribution in [0.15, 0.2) is 54.7 Å². The third-order valence-electron chi connectivity index (χ3n) is 4.91. The second-order valence-corrected chi connectivity index (χ2v) is 6.99. The number of hydrogen-bond donors (Lipinski definition) is 2. The molecular formula is C21H25N3O3. The number of carboxylic acids is 1. The second-order valence-electron chi connectivity index (χ2n) is 6.99. The molecule has 1 aliphatic rings. The zero-order valence-corrected chi connectivity index (χ0v) is 15.3. The van der Waals surface area contributed by atoms with Gasteiger partial charge in [-0.05, 0) is 36.5 Å². The highest BCUT2D eigenvalue weighted by molar-refractivity contribution is 5.75. The van der Waals surface area contributed by atoms with Crippen molar-refractivity contribution in [3.63, 3.8) is 0 Å². The summed E-state index contributed by atoms with van der Waals surface area (Å²) in [7, 11) is 0. The molecule has 142 valence electrons. The Kier molecular flexibility index (Phi) is 6.41. The van der Waals surface area contributed by atoms with E-state index in [9.17, 15) is 9.59 Å². The first kappa shape index (κ1) is 18.9. The van der Waals surface area contributed by atoms with Crippen molar-refractivity contribution < 1.29 is 14.7 Å². The monoisotopic (exact) mass is 367 g/mol. The van der Waals surface area contributed by atoms with Gasteiger partial charge in [-0.15, -0.1) is 0 Å². The van der Waals surface area contributed by atoms with Gasteiger partial charge in [-0.25, -0.2) is 4.79 Å². The lowest BCUT2D eigenvalue weighted by Gasteiger charge is -2.33. The summed E-state index contributed by atoms with van der Waals surface area (Å²) >= 11 is 0. The molecule has 0 radical (unpaired) electrons. The molecule has 2 N–H and O–H groups in total. The van der Waals surface area contributed by atoms with E-state index in [-0.39, 0.29) is 24.4 Å². The lowest BCUT2D eigenvalue weighted by atomic mass is 9.95. The van der Waals surface area contributed by atoms with Crippen LogP contribution in [0.25, 0.3) is 0 Å². The molecule has 0 saturated carbocycles. The third kappa shape index (κ3) is 5.54. The molecule has 2 unspecified atom stereocenters. The fourth-order valence-electron chi connectivity index (χ4n) is 3.57. The Morgan fingerprint density at radius 1 is 1.19 bits per heavy atom. The lowest BCUT2D eigenvalue weighted by Crippen LogP contribution is -2.47. The number of hydrogen-bond acceptors (Lipinski definition) is 3. The molecule has 1 aromatic carbocycles. The lowest BCUT2D eigenvalue weighted by molar-refractivity contribution is -0.138. The average molecular weight is 367 g/mol. The number of nitrogens with one attached hydrogen (secondary N) is 1. The topological polar surface area (TPSA) is 82.5 Å². The molecule has 27 heavy (non-hydrogen) atoms. The molecule has 0 spiro atoms. The summed E-state index contributed by atoms with van der Waals surface area (Å²) in [5.74, 6) is -0.785. The number of carboxylic acid groups (broad SMARTS) is 1. The van der Waals surface area contributed by atoms with Gasteiger partial charge in [-0.2, -0.15) is 0 Å². The first-order valence-electron chi connectivity index (χ1n) is 9.34. The molecule has 2 heterocycles. The summed E-state index contributed by atoms with van der Waals surface area (Å²) in [5, 5.41) is 12.1. The number of likely N-dealkylation sites (tertiary alicyclic amines) is 1. The van der Waals surface area contributed by atoms with Crippen molar-refractivity contribution in [1.29, 1.82) is 0 Å². The number of piperidine rings is 1. The number of carbonyl (C=O) groups excluding carboxylic acids is 1. The molecule has 6 nitrogen and oxygen atoms in total. The quantitative estimate of drug-likeness (QED) is 0.821. The Hall–Kier alpha value is -2.89. The minimum absolute atomic E-state index is 0.0213. The van der Waals surface area contributed by atoms with Gasteiger partial charge in [0.15, 0.2) is 0 Å². The van der Waals surface area contributed by atoms with Crippen LogP contribution in [-0.4, -0.2) is 40.1 Å². The van der Waals surface area contributed by atoms with Crippen molar-refractivity contribution in [2.45, 2.75) is 31.7 Å². The van der Waals surface area contributed by atoms with Gasteiger partial charge in [0, 0.05) is 37.8 Å². The minimum atomic E-state index is -0.806. The molecule has 2 atom stereocenters. The Morgan fingerprint density at radius 2 is 1.96 bits per heavy atom. The van der Waals surface area contributed by atoms with Crippen molar-refractivity contribution in [3.05, 3.63) is 66.0 Å². The number of aromatic nitrogens is 1. The molecule has 3 rings (SSSR count). The van der Waals surface area contributed by atoms with Crippen LogP contribution in [0.4, 0.5) is 4.79 Å². The van der Waals surface area contributed by atoms with Gasteiger partial charge in [0.25, 0.3) is 0 Å². The van der Waals surface area contributed by atoms with Crippen LogP contribution < -0.4 is 5.32 Å². The van der Waals surface area contributed by atoms with E-state index in [1.54, 1.807) is 11.1 Å². The highest BCUT2D eigenvalue weighted by Crippen LogP contribution is 2.22. The van der Waals surface area contributed by atoms with Crippen LogP contribution >= 0.6 is 0 Å². The van der Waals surface area contributed by atoms with Crippen LogP contribution in [0.3, 0.4) is 0 Å². The number of urea groups is 1. The number of aliphatic carboxylic acids is 1. The van der Waals surface area contributed by atoms with Crippen molar-refractivity contribution in [2.24, 2.45) is 5.92 Å².